The van der Waals surface area contributed by atoms with E-state index in [1.165, 1.54) is 0 Å². The summed E-state index contributed by atoms with van der Waals surface area (Å²) < 4.78 is 17.2. The van der Waals surface area contributed by atoms with Gasteiger partial charge < -0.3 is 19.1 Å². The van der Waals surface area contributed by atoms with Crippen molar-refractivity contribution < 1.29 is 19.0 Å². The Bertz CT molecular complexity index is 1200. The second-order valence-electron chi connectivity index (χ2n) is 8.68. The van der Waals surface area contributed by atoms with Gasteiger partial charge in [-0.1, -0.05) is 36.4 Å². The van der Waals surface area contributed by atoms with E-state index in [1.54, 1.807) is 26.4 Å². The Hall–Kier alpha value is -3.86. The van der Waals surface area contributed by atoms with Crippen LogP contribution in [-0.4, -0.2) is 62.7 Å². The lowest BCUT2D eigenvalue weighted by atomic mass is 10.1. The summed E-state index contributed by atoms with van der Waals surface area (Å²) >= 11 is 0. The number of nitrogens with zero attached hydrogens (tertiary/aromatic N) is 3. The summed E-state index contributed by atoms with van der Waals surface area (Å²) in [4.78, 5) is 17.3. The average Bonchev–Trinajstić information content (AvgIpc) is 2.95. The van der Waals surface area contributed by atoms with E-state index in [0.717, 1.165) is 30.0 Å². The van der Waals surface area contributed by atoms with E-state index < -0.39 is 0 Å². The van der Waals surface area contributed by atoms with Crippen LogP contribution in [0, 0.1) is 11.3 Å². The highest BCUT2D eigenvalue weighted by molar-refractivity contribution is 5.97. The van der Waals surface area contributed by atoms with Crippen LogP contribution in [0.2, 0.25) is 0 Å². The summed E-state index contributed by atoms with van der Waals surface area (Å²) in [5.41, 5.74) is 3.27. The second-order valence-corrected chi connectivity index (χ2v) is 8.68. The van der Waals surface area contributed by atoms with E-state index in [4.69, 9.17) is 19.5 Å². The second kappa shape index (κ2) is 12.2. The summed E-state index contributed by atoms with van der Waals surface area (Å²) in [5.74, 6) is 1.37. The first kappa shape index (κ1) is 25.2. The summed E-state index contributed by atoms with van der Waals surface area (Å²) in [6.07, 6.45) is -0.174. The van der Waals surface area contributed by atoms with Crippen molar-refractivity contribution in [3.8, 4) is 17.6 Å². The minimum absolute atomic E-state index is 0.00601. The number of hydrogen-bond acceptors (Lipinski definition) is 6. The number of rotatable bonds is 9. The molecule has 1 heterocycles. The van der Waals surface area contributed by atoms with Crippen LogP contribution in [0.3, 0.4) is 0 Å². The van der Waals surface area contributed by atoms with Gasteiger partial charge in [-0.25, -0.2) is 0 Å². The summed E-state index contributed by atoms with van der Waals surface area (Å²) in [6.45, 7) is 3.90. The van der Waals surface area contributed by atoms with Gasteiger partial charge in [0.15, 0.2) is 0 Å². The molecule has 4 rings (SSSR count). The van der Waals surface area contributed by atoms with Crippen LogP contribution < -0.4 is 9.47 Å². The van der Waals surface area contributed by atoms with Gasteiger partial charge in [-0.2, -0.15) is 5.26 Å². The molecule has 3 aromatic carbocycles. The zero-order chi connectivity index (χ0) is 25.3. The highest BCUT2D eigenvalue weighted by Gasteiger charge is 2.26. The normalized spacial score (nSPS) is 14.6. The van der Waals surface area contributed by atoms with Crippen molar-refractivity contribution in [1.82, 2.24) is 9.80 Å². The molecule has 0 spiro atoms. The van der Waals surface area contributed by atoms with Gasteiger partial charge in [0.05, 0.1) is 44.1 Å². The predicted molar refractivity (Wildman–Crippen MR) is 137 cm³/mol. The Kier molecular flexibility index (Phi) is 8.56. The number of carbonyl (C=O) groups excluding carboxylic acids is 1. The molecule has 0 bridgehead atoms. The molecule has 36 heavy (non-hydrogen) atoms. The van der Waals surface area contributed by atoms with E-state index in [-0.39, 0.29) is 12.0 Å². The number of carbonyl (C=O) groups is 1. The molecular weight excluding hydrogens is 454 g/mol. The molecule has 0 aromatic heterocycles. The summed E-state index contributed by atoms with van der Waals surface area (Å²) in [5, 5.41) is 9.04. The van der Waals surface area contributed by atoms with Crippen LogP contribution >= 0.6 is 0 Å². The van der Waals surface area contributed by atoms with Gasteiger partial charge in [0.2, 0.25) is 0 Å². The SMILES string of the molecule is COc1cccc([C@H](CN2CCN(C(=O)c3ccccc3OC)CC2)OCc2ccc(C#N)cc2)c1. The standard InChI is InChI=1S/C29H31N3O4/c1-34-25-7-5-6-24(18-25)28(36-21-23-12-10-22(19-30)11-13-23)20-31-14-16-32(17-15-31)29(33)26-8-3-4-9-27(26)35-2/h3-13,18,28H,14-17,20-21H2,1-2H3/t28-/m0/s1. The van der Waals surface area contributed by atoms with Gasteiger partial charge in [-0.05, 0) is 47.5 Å². The quantitative estimate of drug-likeness (QED) is 0.450. The maximum Gasteiger partial charge on any atom is 0.257 e. The fraction of sp³-hybridized carbons (Fsp3) is 0.310. The van der Waals surface area contributed by atoms with Crippen molar-refractivity contribution >= 4 is 5.91 Å². The van der Waals surface area contributed by atoms with Crippen LogP contribution in [0.25, 0.3) is 0 Å². The zero-order valence-corrected chi connectivity index (χ0v) is 20.7. The van der Waals surface area contributed by atoms with E-state index in [9.17, 15) is 4.79 Å². The molecule has 1 amide bonds. The number of para-hydroxylation sites is 1. The molecule has 0 aliphatic carbocycles. The molecule has 3 aromatic rings. The molecule has 0 N–H and O–H groups in total. The number of piperazine rings is 1. The van der Waals surface area contributed by atoms with Crippen molar-refractivity contribution in [2.45, 2.75) is 12.7 Å². The van der Waals surface area contributed by atoms with Crippen molar-refractivity contribution in [3.63, 3.8) is 0 Å². The largest absolute Gasteiger partial charge is 0.497 e. The number of hydrogen-bond donors (Lipinski definition) is 0. The van der Waals surface area contributed by atoms with Gasteiger partial charge in [-0.15, -0.1) is 0 Å². The number of methoxy groups -OCH3 is 2. The first-order valence-corrected chi connectivity index (χ1v) is 12.0. The number of nitriles is 1. The monoisotopic (exact) mass is 485 g/mol. The van der Waals surface area contributed by atoms with E-state index in [2.05, 4.69) is 11.0 Å². The van der Waals surface area contributed by atoms with Crippen LogP contribution in [0.4, 0.5) is 0 Å². The molecule has 0 radical (unpaired) electrons. The Balaban J connectivity index is 1.41. The molecule has 1 atom stereocenters. The Morgan fingerprint density at radius 1 is 0.944 bits per heavy atom. The highest BCUT2D eigenvalue weighted by Crippen LogP contribution is 2.26. The average molecular weight is 486 g/mol. The van der Waals surface area contributed by atoms with E-state index in [0.29, 0.717) is 43.1 Å². The zero-order valence-electron chi connectivity index (χ0n) is 20.7. The smallest absolute Gasteiger partial charge is 0.257 e. The van der Waals surface area contributed by atoms with Gasteiger partial charge in [0, 0.05) is 32.7 Å². The lowest BCUT2D eigenvalue weighted by molar-refractivity contribution is 0.00331. The van der Waals surface area contributed by atoms with Crippen molar-refractivity contribution in [2.24, 2.45) is 0 Å². The maximum atomic E-state index is 13.1. The van der Waals surface area contributed by atoms with Crippen LogP contribution in [-0.2, 0) is 11.3 Å². The van der Waals surface area contributed by atoms with Crippen LogP contribution in [0.5, 0.6) is 11.5 Å². The summed E-state index contributed by atoms with van der Waals surface area (Å²) in [7, 11) is 3.24. The lowest BCUT2D eigenvalue weighted by Gasteiger charge is -2.36. The maximum absolute atomic E-state index is 13.1. The number of benzene rings is 3. The van der Waals surface area contributed by atoms with Crippen LogP contribution in [0.15, 0.2) is 72.8 Å². The third-order valence-electron chi connectivity index (χ3n) is 6.42. The molecule has 7 nitrogen and oxygen atoms in total. The van der Waals surface area contributed by atoms with Gasteiger partial charge in [-0.3, -0.25) is 9.69 Å². The molecule has 1 aliphatic rings. The molecule has 0 saturated carbocycles. The van der Waals surface area contributed by atoms with Gasteiger partial charge >= 0.3 is 0 Å². The fourth-order valence-electron chi connectivity index (χ4n) is 4.33. The van der Waals surface area contributed by atoms with Crippen molar-refractivity contribution in [3.05, 3.63) is 95.1 Å². The Morgan fingerprint density at radius 2 is 1.69 bits per heavy atom. The topological polar surface area (TPSA) is 75.0 Å². The van der Waals surface area contributed by atoms with E-state index >= 15 is 0 Å². The molecule has 0 unspecified atom stereocenters. The first-order chi connectivity index (χ1) is 17.6. The Labute approximate surface area is 212 Å². The Morgan fingerprint density at radius 3 is 2.39 bits per heavy atom. The van der Waals surface area contributed by atoms with Gasteiger partial charge in [0.1, 0.15) is 11.5 Å². The predicted octanol–water partition coefficient (Wildman–Crippen LogP) is 4.29. The molecule has 186 valence electrons. The first-order valence-electron chi connectivity index (χ1n) is 12.0. The highest BCUT2D eigenvalue weighted by atomic mass is 16.5. The molecule has 1 saturated heterocycles. The molecule has 1 fully saturated rings. The fourth-order valence-corrected chi connectivity index (χ4v) is 4.33. The van der Waals surface area contributed by atoms with Crippen LogP contribution in [0.1, 0.15) is 33.2 Å². The third kappa shape index (κ3) is 6.22. The number of amides is 1. The van der Waals surface area contributed by atoms with E-state index in [1.807, 2.05) is 65.6 Å². The molecular formula is C29H31N3O4. The summed E-state index contributed by atoms with van der Waals surface area (Å²) in [6, 6.07) is 24.9. The van der Waals surface area contributed by atoms with Crippen molar-refractivity contribution in [2.75, 3.05) is 46.9 Å². The van der Waals surface area contributed by atoms with Crippen molar-refractivity contribution in [1.29, 1.82) is 5.26 Å². The molecule has 7 heteroatoms. The minimum Gasteiger partial charge on any atom is -0.497 e. The van der Waals surface area contributed by atoms with Gasteiger partial charge in [0.25, 0.3) is 5.91 Å². The molecule has 1 aliphatic heterocycles. The third-order valence-corrected chi connectivity index (χ3v) is 6.42. The lowest BCUT2D eigenvalue weighted by Crippen LogP contribution is -2.49. The minimum atomic E-state index is -0.174. The number of ether oxygens (including phenoxy) is 3.